The summed E-state index contributed by atoms with van der Waals surface area (Å²) in [5, 5.41) is 13.5. The molecular formula is C17H30N4. The Labute approximate surface area is 129 Å². The Balaban J connectivity index is 1.53. The second-order valence-electron chi connectivity index (χ2n) is 7.72. The lowest BCUT2D eigenvalue weighted by Crippen LogP contribution is -2.55. The molecule has 0 amide bonds. The molecule has 1 aliphatic heterocycles. The zero-order chi connectivity index (χ0) is 14.9. The van der Waals surface area contributed by atoms with E-state index in [-0.39, 0.29) is 5.54 Å². The highest BCUT2D eigenvalue weighted by Crippen LogP contribution is 2.41. The number of hydrogen-bond donors (Lipinski definition) is 1. The Hall–Kier alpha value is -0.630. The van der Waals surface area contributed by atoms with Crippen molar-refractivity contribution in [3.8, 4) is 6.07 Å². The summed E-state index contributed by atoms with van der Waals surface area (Å²) < 4.78 is 0. The van der Waals surface area contributed by atoms with Gasteiger partial charge in [0.25, 0.3) is 0 Å². The van der Waals surface area contributed by atoms with Gasteiger partial charge in [-0.05, 0) is 77.5 Å². The van der Waals surface area contributed by atoms with Crippen molar-refractivity contribution >= 4 is 0 Å². The van der Waals surface area contributed by atoms with Crippen LogP contribution < -0.4 is 5.32 Å². The number of likely N-dealkylation sites (N-methyl/N-ethyl adjacent to an activating group) is 1. The first-order valence-corrected chi connectivity index (χ1v) is 8.67. The Kier molecular flexibility index (Phi) is 4.54. The van der Waals surface area contributed by atoms with Gasteiger partial charge in [-0.3, -0.25) is 5.32 Å². The molecule has 4 heteroatoms. The van der Waals surface area contributed by atoms with Crippen LogP contribution in [0.5, 0.6) is 0 Å². The van der Waals surface area contributed by atoms with E-state index in [0.717, 1.165) is 19.0 Å². The van der Waals surface area contributed by atoms with E-state index in [1.807, 2.05) is 0 Å². The minimum atomic E-state index is -0.276. The third-order valence-corrected chi connectivity index (χ3v) is 5.44. The van der Waals surface area contributed by atoms with Gasteiger partial charge in [0.05, 0.1) is 6.07 Å². The van der Waals surface area contributed by atoms with Crippen LogP contribution in [0.2, 0.25) is 0 Å². The lowest BCUT2D eigenvalue weighted by Gasteiger charge is -2.36. The minimum Gasteiger partial charge on any atom is -0.306 e. The van der Waals surface area contributed by atoms with Gasteiger partial charge in [-0.15, -0.1) is 0 Å². The Morgan fingerprint density at radius 3 is 2.38 bits per heavy atom. The molecule has 2 saturated carbocycles. The van der Waals surface area contributed by atoms with Gasteiger partial charge in [0.15, 0.2) is 0 Å². The molecule has 1 unspecified atom stereocenters. The van der Waals surface area contributed by atoms with Crippen molar-refractivity contribution in [1.82, 2.24) is 15.1 Å². The van der Waals surface area contributed by atoms with Gasteiger partial charge in [-0.25, -0.2) is 0 Å². The molecule has 0 aromatic rings. The normalized spacial score (nSPS) is 27.5. The molecule has 0 aromatic heterocycles. The van der Waals surface area contributed by atoms with Gasteiger partial charge in [0.2, 0.25) is 0 Å². The van der Waals surface area contributed by atoms with Crippen LogP contribution in [-0.2, 0) is 0 Å². The highest BCUT2D eigenvalue weighted by atomic mass is 15.2. The molecule has 21 heavy (non-hydrogen) atoms. The number of likely N-dealkylation sites (tertiary alicyclic amines) is 1. The first-order valence-electron chi connectivity index (χ1n) is 8.67. The van der Waals surface area contributed by atoms with Gasteiger partial charge in [-0.1, -0.05) is 0 Å². The monoisotopic (exact) mass is 290 g/mol. The van der Waals surface area contributed by atoms with Crippen LogP contribution in [-0.4, -0.2) is 61.7 Å². The molecule has 4 nitrogen and oxygen atoms in total. The van der Waals surface area contributed by atoms with Gasteiger partial charge < -0.3 is 9.80 Å². The lowest BCUT2D eigenvalue weighted by atomic mass is 9.92. The van der Waals surface area contributed by atoms with Gasteiger partial charge >= 0.3 is 0 Å². The van der Waals surface area contributed by atoms with Crippen LogP contribution >= 0.6 is 0 Å². The van der Waals surface area contributed by atoms with Gasteiger partial charge in [-0.2, -0.15) is 5.26 Å². The minimum absolute atomic E-state index is 0.276. The maximum absolute atomic E-state index is 9.81. The molecule has 1 atom stereocenters. The standard InChI is InChI=1S/C17H30N4/c1-20-9-7-14(8-10-20)11-21(2)13-17(12-18,15-3-4-15)19-16-5-6-16/h14-16,19H,3-11,13H2,1-2H3. The van der Waals surface area contributed by atoms with E-state index in [1.54, 1.807) is 0 Å². The highest BCUT2D eigenvalue weighted by molar-refractivity contribution is 5.18. The number of piperidine rings is 1. The van der Waals surface area contributed by atoms with Crippen LogP contribution in [0.3, 0.4) is 0 Å². The predicted octanol–water partition coefficient (Wildman–Crippen LogP) is 1.68. The zero-order valence-electron chi connectivity index (χ0n) is 13.6. The quantitative estimate of drug-likeness (QED) is 0.775. The Bertz CT molecular complexity index is 388. The average molecular weight is 290 g/mol. The van der Waals surface area contributed by atoms with E-state index in [4.69, 9.17) is 0 Å². The number of hydrogen-bond acceptors (Lipinski definition) is 4. The van der Waals surface area contributed by atoms with Crippen LogP contribution in [0.15, 0.2) is 0 Å². The average Bonchev–Trinajstić information content (AvgIpc) is 3.33. The molecule has 2 aliphatic carbocycles. The second kappa shape index (κ2) is 6.24. The van der Waals surface area contributed by atoms with Crippen LogP contribution in [0.4, 0.5) is 0 Å². The van der Waals surface area contributed by atoms with Gasteiger partial charge in [0.1, 0.15) is 5.54 Å². The van der Waals surface area contributed by atoms with Crippen LogP contribution in [0.25, 0.3) is 0 Å². The van der Waals surface area contributed by atoms with Crippen molar-refractivity contribution in [1.29, 1.82) is 5.26 Å². The third kappa shape index (κ3) is 3.97. The number of nitriles is 1. The van der Waals surface area contributed by atoms with E-state index in [1.165, 1.54) is 51.6 Å². The Morgan fingerprint density at radius 1 is 1.19 bits per heavy atom. The summed E-state index contributed by atoms with van der Waals surface area (Å²) in [6.45, 7) is 4.50. The molecular weight excluding hydrogens is 260 g/mol. The number of nitrogens with one attached hydrogen (secondary N) is 1. The summed E-state index contributed by atoms with van der Waals surface area (Å²) >= 11 is 0. The lowest BCUT2D eigenvalue weighted by molar-refractivity contribution is 0.153. The number of nitrogens with zero attached hydrogens (tertiary/aromatic N) is 3. The van der Waals surface area contributed by atoms with Crippen LogP contribution in [0, 0.1) is 23.2 Å². The summed E-state index contributed by atoms with van der Waals surface area (Å²) in [7, 11) is 4.43. The molecule has 0 radical (unpaired) electrons. The van der Waals surface area contributed by atoms with E-state index < -0.39 is 0 Å². The van der Waals surface area contributed by atoms with Crippen LogP contribution in [0.1, 0.15) is 38.5 Å². The fraction of sp³-hybridized carbons (Fsp3) is 0.941. The van der Waals surface area contributed by atoms with E-state index >= 15 is 0 Å². The topological polar surface area (TPSA) is 42.3 Å². The fourth-order valence-corrected chi connectivity index (χ4v) is 3.80. The van der Waals surface area contributed by atoms with Crippen molar-refractivity contribution in [2.75, 3.05) is 40.3 Å². The molecule has 3 fully saturated rings. The molecule has 1 heterocycles. The van der Waals surface area contributed by atoms with Crippen molar-refractivity contribution in [2.45, 2.75) is 50.1 Å². The Morgan fingerprint density at radius 2 is 1.86 bits per heavy atom. The smallest absolute Gasteiger partial charge is 0.122 e. The summed E-state index contributed by atoms with van der Waals surface area (Å²) in [5.74, 6) is 1.39. The molecule has 3 aliphatic rings. The molecule has 0 aromatic carbocycles. The molecule has 0 bridgehead atoms. The maximum Gasteiger partial charge on any atom is 0.122 e. The van der Waals surface area contributed by atoms with Gasteiger partial charge in [0, 0.05) is 19.1 Å². The van der Waals surface area contributed by atoms with E-state index in [2.05, 4.69) is 35.3 Å². The van der Waals surface area contributed by atoms with E-state index in [0.29, 0.717) is 12.0 Å². The first kappa shape index (κ1) is 15.3. The maximum atomic E-state index is 9.81. The highest BCUT2D eigenvalue weighted by Gasteiger charge is 2.48. The summed E-state index contributed by atoms with van der Waals surface area (Å²) in [5.41, 5.74) is -0.276. The van der Waals surface area contributed by atoms with Crippen molar-refractivity contribution in [3.63, 3.8) is 0 Å². The SMILES string of the molecule is CN1CCC(CN(C)CC(C#N)(NC2CC2)C2CC2)CC1. The zero-order valence-corrected chi connectivity index (χ0v) is 13.6. The first-order chi connectivity index (χ1) is 10.1. The van der Waals surface area contributed by atoms with Crippen molar-refractivity contribution < 1.29 is 0 Å². The molecule has 3 rings (SSSR count). The molecule has 1 saturated heterocycles. The van der Waals surface area contributed by atoms with E-state index in [9.17, 15) is 5.26 Å². The van der Waals surface area contributed by atoms with Crippen molar-refractivity contribution in [2.24, 2.45) is 11.8 Å². The third-order valence-electron chi connectivity index (χ3n) is 5.44. The second-order valence-corrected chi connectivity index (χ2v) is 7.72. The molecule has 1 N–H and O–H groups in total. The summed E-state index contributed by atoms with van der Waals surface area (Å²) in [6, 6.07) is 3.28. The summed E-state index contributed by atoms with van der Waals surface area (Å²) in [4.78, 5) is 4.85. The van der Waals surface area contributed by atoms with Crippen molar-refractivity contribution in [3.05, 3.63) is 0 Å². The summed E-state index contributed by atoms with van der Waals surface area (Å²) in [6.07, 6.45) is 7.59. The number of rotatable bonds is 7. The predicted molar refractivity (Wildman–Crippen MR) is 84.9 cm³/mol. The molecule has 0 spiro atoms. The molecule has 118 valence electrons. The fourth-order valence-electron chi connectivity index (χ4n) is 3.80. The largest absolute Gasteiger partial charge is 0.306 e.